The number of carbonyl (C=O) groups is 2. The minimum atomic E-state index is -0.235. The molecule has 3 aromatic carbocycles. The number of carbonyl (C=O) groups excluding carboxylic acids is 2. The van der Waals surface area contributed by atoms with E-state index in [1.54, 1.807) is 48.5 Å². The molecular formula is C20H12Cl2O2. The third kappa shape index (κ3) is 3.40. The highest BCUT2D eigenvalue weighted by atomic mass is 35.5. The van der Waals surface area contributed by atoms with E-state index in [1.165, 1.54) is 6.07 Å². The van der Waals surface area contributed by atoms with Crippen LogP contribution in [-0.4, -0.2) is 11.6 Å². The Kier molecular flexibility index (Phi) is 4.79. The van der Waals surface area contributed by atoms with Gasteiger partial charge in [-0.2, -0.15) is 0 Å². The molecule has 24 heavy (non-hydrogen) atoms. The fraction of sp³-hybridized carbons (Fsp3) is 0. The molecule has 4 heteroatoms. The van der Waals surface area contributed by atoms with Gasteiger partial charge in [0.1, 0.15) is 0 Å². The van der Waals surface area contributed by atoms with Crippen LogP contribution in [-0.2, 0) is 0 Å². The lowest BCUT2D eigenvalue weighted by atomic mass is 9.98. The highest BCUT2D eigenvalue weighted by Gasteiger charge is 2.15. The van der Waals surface area contributed by atoms with E-state index in [0.29, 0.717) is 32.3 Å². The second kappa shape index (κ2) is 7.00. The molecule has 0 spiro atoms. The molecule has 0 aliphatic heterocycles. The first-order valence-corrected chi connectivity index (χ1v) is 8.01. The molecule has 0 saturated carbocycles. The number of hydrogen-bond donors (Lipinski definition) is 0. The Labute approximate surface area is 149 Å². The normalized spacial score (nSPS) is 10.4. The Balaban J connectivity index is 1.88. The van der Waals surface area contributed by atoms with Gasteiger partial charge in [0.25, 0.3) is 0 Å². The van der Waals surface area contributed by atoms with E-state index in [2.05, 4.69) is 0 Å². The summed E-state index contributed by atoms with van der Waals surface area (Å²) in [6.45, 7) is 0. The SMILES string of the molecule is O=C(c1ccccc1)c1ccc(C(=O)c2cc(Cl)ccc2Cl)cc1. The van der Waals surface area contributed by atoms with Crippen molar-refractivity contribution in [3.05, 3.63) is 105 Å². The van der Waals surface area contributed by atoms with E-state index in [9.17, 15) is 9.59 Å². The first kappa shape index (κ1) is 16.4. The van der Waals surface area contributed by atoms with E-state index in [-0.39, 0.29) is 11.6 Å². The molecule has 0 amide bonds. The minimum Gasteiger partial charge on any atom is -0.289 e. The van der Waals surface area contributed by atoms with Crippen LogP contribution in [0, 0.1) is 0 Å². The Morgan fingerprint density at radius 1 is 0.625 bits per heavy atom. The van der Waals surface area contributed by atoms with Crippen molar-refractivity contribution in [1.29, 1.82) is 0 Å². The van der Waals surface area contributed by atoms with Gasteiger partial charge in [0, 0.05) is 27.3 Å². The summed E-state index contributed by atoms with van der Waals surface area (Å²) in [6.07, 6.45) is 0. The number of hydrogen-bond acceptors (Lipinski definition) is 2. The van der Waals surface area contributed by atoms with Crippen LogP contribution in [0.15, 0.2) is 72.8 Å². The average molecular weight is 355 g/mol. The van der Waals surface area contributed by atoms with Gasteiger partial charge in [-0.3, -0.25) is 9.59 Å². The molecule has 0 aliphatic carbocycles. The van der Waals surface area contributed by atoms with Crippen LogP contribution in [0.2, 0.25) is 10.0 Å². The summed E-state index contributed by atoms with van der Waals surface area (Å²) in [4.78, 5) is 24.9. The van der Waals surface area contributed by atoms with Crippen LogP contribution in [0.1, 0.15) is 31.8 Å². The Morgan fingerprint density at radius 2 is 1.17 bits per heavy atom. The molecule has 0 atom stereocenters. The lowest BCUT2D eigenvalue weighted by molar-refractivity contribution is 0.102. The first-order valence-electron chi connectivity index (χ1n) is 7.26. The molecule has 0 heterocycles. The van der Waals surface area contributed by atoms with Crippen LogP contribution in [0.3, 0.4) is 0 Å². The van der Waals surface area contributed by atoms with Gasteiger partial charge in [-0.05, 0) is 18.2 Å². The summed E-state index contributed by atoms with van der Waals surface area (Å²) in [7, 11) is 0. The van der Waals surface area contributed by atoms with E-state index in [0.717, 1.165) is 0 Å². The van der Waals surface area contributed by atoms with Crippen molar-refractivity contribution in [3.8, 4) is 0 Å². The van der Waals surface area contributed by atoms with E-state index in [1.807, 2.05) is 18.2 Å². The number of ketones is 2. The molecule has 0 aliphatic rings. The number of benzene rings is 3. The van der Waals surface area contributed by atoms with Crippen molar-refractivity contribution < 1.29 is 9.59 Å². The van der Waals surface area contributed by atoms with E-state index in [4.69, 9.17) is 23.2 Å². The molecule has 0 unspecified atom stereocenters. The Bertz CT molecular complexity index is 901. The molecule has 2 nitrogen and oxygen atoms in total. The molecule has 118 valence electrons. The maximum absolute atomic E-state index is 12.5. The quantitative estimate of drug-likeness (QED) is 0.583. The van der Waals surface area contributed by atoms with Crippen molar-refractivity contribution in [2.24, 2.45) is 0 Å². The predicted octanol–water partition coefficient (Wildman–Crippen LogP) is 5.46. The van der Waals surface area contributed by atoms with E-state index >= 15 is 0 Å². The fourth-order valence-corrected chi connectivity index (χ4v) is 2.73. The van der Waals surface area contributed by atoms with Crippen molar-refractivity contribution in [3.63, 3.8) is 0 Å². The first-order chi connectivity index (χ1) is 11.6. The van der Waals surface area contributed by atoms with Crippen LogP contribution in [0.5, 0.6) is 0 Å². The average Bonchev–Trinajstić information content (AvgIpc) is 2.63. The third-order valence-electron chi connectivity index (χ3n) is 3.62. The zero-order chi connectivity index (χ0) is 17.1. The van der Waals surface area contributed by atoms with E-state index < -0.39 is 0 Å². The van der Waals surface area contributed by atoms with Crippen molar-refractivity contribution in [2.75, 3.05) is 0 Å². The summed E-state index contributed by atoms with van der Waals surface area (Å²) in [5.41, 5.74) is 1.92. The molecule has 0 N–H and O–H groups in total. The lowest BCUT2D eigenvalue weighted by Crippen LogP contribution is -2.05. The van der Waals surface area contributed by atoms with Gasteiger partial charge in [-0.15, -0.1) is 0 Å². The monoisotopic (exact) mass is 354 g/mol. The van der Waals surface area contributed by atoms with Crippen LogP contribution in [0.4, 0.5) is 0 Å². The maximum atomic E-state index is 12.5. The fourth-order valence-electron chi connectivity index (χ4n) is 2.36. The molecule has 3 aromatic rings. The van der Waals surface area contributed by atoms with Crippen LogP contribution >= 0.6 is 23.2 Å². The van der Waals surface area contributed by atoms with Gasteiger partial charge < -0.3 is 0 Å². The van der Waals surface area contributed by atoms with Gasteiger partial charge in [0.2, 0.25) is 0 Å². The summed E-state index contributed by atoms with van der Waals surface area (Å²) in [6, 6.07) is 20.3. The second-order valence-corrected chi connectivity index (χ2v) is 6.07. The van der Waals surface area contributed by atoms with Gasteiger partial charge in [-0.25, -0.2) is 0 Å². The van der Waals surface area contributed by atoms with Gasteiger partial charge in [0.15, 0.2) is 11.6 Å². The van der Waals surface area contributed by atoms with Gasteiger partial charge >= 0.3 is 0 Å². The standard InChI is InChI=1S/C20H12Cl2O2/c21-16-10-11-18(22)17(12-16)20(24)15-8-6-14(7-9-15)19(23)13-4-2-1-3-5-13/h1-12H. The van der Waals surface area contributed by atoms with Crippen LogP contribution < -0.4 is 0 Å². The Hall–Kier alpha value is -2.42. The van der Waals surface area contributed by atoms with Crippen molar-refractivity contribution in [2.45, 2.75) is 0 Å². The molecule has 3 rings (SSSR count). The molecule has 0 bridgehead atoms. The molecule has 0 aromatic heterocycles. The summed E-state index contributed by atoms with van der Waals surface area (Å²) in [5.74, 6) is -0.323. The number of rotatable bonds is 4. The lowest BCUT2D eigenvalue weighted by Gasteiger charge is -2.06. The summed E-state index contributed by atoms with van der Waals surface area (Å²) in [5, 5.41) is 0.785. The molecule has 0 fully saturated rings. The Morgan fingerprint density at radius 3 is 1.79 bits per heavy atom. The van der Waals surface area contributed by atoms with Gasteiger partial charge in [0.05, 0.1) is 5.02 Å². The topological polar surface area (TPSA) is 34.1 Å². The molecule has 0 radical (unpaired) electrons. The summed E-state index contributed by atoms with van der Waals surface area (Å²) < 4.78 is 0. The third-order valence-corrected chi connectivity index (χ3v) is 4.18. The van der Waals surface area contributed by atoms with Crippen molar-refractivity contribution in [1.82, 2.24) is 0 Å². The minimum absolute atomic E-state index is 0.0876. The largest absolute Gasteiger partial charge is 0.289 e. The second-order valence-electron chi connectivity index (χ2n) is 5.23. The maximum Gasteiger partial charge on any atom is 0.194 e. The number of halogens is 2. The molecular weight excluding hydrogens is 343 g/mol. The van der Waals surface area contributed by atoms with Crippen molar-refractivity contribution >= 4 is 34.8 Å². The zero-order valence-electron chi connectivity index (χ0n) is 12.5. The summed E-state index contributed by atoms with van der Waals surface area (Å²) >= 11 is 12.0. The smallest absolute Gasteiger partial charge is 0.194 e. The van der Waals surface area contributed by atoms with Crippen LogP contribution in [0.25, 0.3) is 0 Å². The highest BCUT2D eigenvalue weighted by molar-refractivity contribution is 6.36. The highest BCUT2D eigenvalue weighted by Crippen LogP contribution is 2.23. The zero-order valence-corrected chi connectivity index (χ0v) is 14.0. The molecule has 0 saturated heterocycles. The van der Waals surface area contributed by atoms with Gasteiger partial charge in [-0.1, -0.05) is 77.8 Å². The predicted molar refractivity (Wildman–Crippen MR) is 96.2 cm³/mol.